The number of carbonyl (C=O) groups excluding carboxylic acids is 1. The average molecular weight is 295 g/mol. The summed E-state index contributed by atoms with van der Waals surface area (Å²) in [6.45, 7) is 0. The van der Waals surface area contributed by atoms with Gasteiger partial charge in [0.2, 0.25) is 5.12 Å². The fourth-order valence-corrected chi connectivity index (χ4v) is 1.26. The van der Waals surface area contributed by atoms with Crippen molar-refractivity contribution < 1.29 is 14.3 Å². The summed E-state index contributed by atoms with van der Waals surface area (Å²) in [6.07, 6.45) is 0. The second-order valence-electron chi connectivity index (χ2n) is 3.32. The number of rotatable bonds is 3. The monoisotopic (exact) mass is 295 g/mol. The predicted molar refractivity (Wildman–Crippen MR) is 75.5 cm³/mol. The second-order valence-corrected chi connectivity index (χ2v) is 3.73. The van der Waals surface area contributed by atoms with Crippen molar-refractivity contribution in [3.8, 4) is 12.0 Å². The number of H-pyrrole nitrogens is 1. The van der Waals surface area contributed by atoms with Crippen molar-refractivity contribution in [1.29, 1.82) is 0 Å². The molecule has 0 saturated carbocycles. The molecule has 1 N–H and O–H groups in total. The zero-order chi connectivity index (χ0) is 15.0. The van der Waals surface area contributed by atoms with E-state index in [2.05, 4.69) is 37.1 Å². The molecule has 0 aliphatic heterocycles. The fraction of sp³-hybridized carbons (Fsp3) is 0.167. The van der Waals surface area contributed by atoms with E-state index in [0.29, 0.717) is 5.56 Å². The van der Waals surface area contributed by atoms with Crippen LogP contribution in [0.1, 0.15) is 10.4 Å². The molecule has 0 aliphatic carbocycles. The first-order chi connectivity index (χ1) is 9.56. The maximum absolute atomic E-state index is 10.7. The van der Waals surface area contributed by atoms with Gasteiger partial charge in [-0.05, 0) is 0 Å². The molecule has 0 amide bonds. The number of thiol groups is 1. The first-order valence-electron chi connectivity index (χ1n) is 5.41. The van der Waals surface area contributed by atoms with Gasteiger partial charge in [-0.2, -0.15) is 0 Å². The smallest absolute Gasteiger partial charge is 0.353 e. The molecule has 7 nitrogen and oxygen atoms in total. The summed E-state index contributed by atoms with van der Waals surface area (Å²) in [7, 11) is 2.76. The maximum Gasteiger partial charge on any atom is 0.353 e. The third-order valence-corrected chi connectivity index (χ3v) is 2.26. The van der Waals surface area contributed by atoms with Gasteiger partial charge >= 0.3 is 17.7 Å². The molecule has 1 heterocycles. The molecule has 20 heavy (non-hydrogen) atoms. The number of ether oxygens (including phenoxy) is 2. The Morgan fingerprint density at radius 3 is 2.25 bits per heavy atom. The van der Waals surface area contributed by atoms with E-state index >= 15 is 0 Å². The molecule has 0 spiro atoms. The van der Waals surface area contributed by atoms with Gasteiger partial charge in [-0.25, -0.2) is 4.79 Å². The average Bonchev–Trinajstić information content (AvgIpc) is 2.48. The number of methoxy groups -OCH3 is 2. The van der Waals surface area contributed by atoms with Gasteiger partial charge in [-0.15, -0.1) is 22.6 Å². The van der Waals surface area contributed by atoms with Crippen LogP contribution in [0.3, 0.4) is 0 Å². The van der Waals surface area contributed by atoms with Crippen LogP contribution in [-0.4, -0.2) is 34.3 Å². The molecule has 1 aromatic carbocycles. The summed E-state index contributed by atoms with van der Waals surface area (Å²) < 4.78 is 9.27. The van der Waals surface area contributed by atoms with E-state index in [-0.39, 0.29) is 17.1 Å². The van der Waals surface area contributed by atoms with E-state index in [4.69, 9.17) is 0 Å². The van der Waals surface area contributed by atoms with Crippen molar-refractivity contribution in [2.75, 3.05) is 14.2 Å². The molecule has 0 saturated heterocycles. The van der Waals surface area contributed by atoms with Crippen LogP contribution in [-0.2, 0) is 0 Å². The molecule has 0 unspecified atom stereocenters. The lowest BCUT2D eigenvalue weighted by atomic mass is 10.2. The summed E-state index contributed by atoms with van der Waals surface area (Å²) >= 11 is 3.65. The Balaban J connectivity index is 0.000000204. The molecule has 0 radical (unpaired) electrons. The predicted octanol–water partition coefficient (Wildman–Crippen LogP) is 0.939. The molecule has 8 heteroatoms. The molecular formula is C12H13N3O4S. The van der Waals surface area contributed by atoms with Crippen LogP contribution >= 0.6 is 12.6 Å². The quantitative estimate of drug-likeness (QED) is 0.818. The van der Waals surface area contributed by atoms with Gasteiger partial charge in [0.25, 0.3) is 0 Å². The highest BCUT2D eigenvalue weighted by atomic mass is 32.1. The van der Waals surface area contributed by atoms with Crippen LogP contribution in [0, 0.1) is 0 Å². The number of benzene rings is 1. The van der Waals surface area contributed by atoms with Crippen molar-refractivity contribution >= 4 is 17.7 Å². The number of carbonyl (C=O) groups is 1. The van der Waals surface area contributed by atoms with E-state index in [1.807, 2.05) is 18.2 Å². The molecule has 2 aromatic rings. The fourth-order valence-electron chi connectivity index (χ4n) is 1.11. The Morgan fingerprint density at radius 1 is 1.15 bits per heavy atom. The Labute approximate surface area is 120 Å². The normalized spacial score (nSPS) is 9.15. The lowest BCUT2D eigenvalue weighted by Gasteiger charge is -1.98. The van der Waals surface area contributed by atoms with Gasteiger partial charge in [0.05, 0.1) is 14.2 Å². The van der Waals surface area contributed by atoms with Gasteiger partial charge < -0.3 is 9.47 Å². The molecule has 0 fully saturated rings. The molecule has 0 bridgehead atoms. The molecule has 106 valence electrons. The Bertz CT molecular complexity index is 590. The van der Waals surface area contributed by atoms with Crippen LogP contribution in [0.4, 0.5) is 0 Å². The zero-order valence-corrected chi connectivity index (χ0v) is 11.8. The lowest BCUT2D eigenvalue weighted by molar-refractivity contribution is 0.109. The van der Waals surface area contributed by atoms with Gasteiger partial charge in [0.1, 0.15) is 0 Å². The minimum atomic E-state index is -0.547. The van der Waals surface area contributed by atoms with Crippen LogP contribution in [0.15, 0.2) is 35.1 Å². The van der Waals surface area contributed by atoms with Crippen molar-refractivity contribution in [2.45, 2.75) is 0 Å². The number of aromatic nitrogens is 3. The van der Waals surface area contributed by atoms with Crippen molar-refractivity contribution in [3.05, 3.63) is 46.4 Å². The van der Waals surface area contributed by atoms with Crippen LogP contribution in [0.25, 0.3) is 0 Å². The summed E-state index contributed by atoms with van der Waals surface area (Å²) in [6, 6.07) is 9.02. The number of hydrogen-bond donors (Lipinski definition) is 2. The van der Waals surface area contributed by atoms with E-state index in [0.717, 1.165) is 0 Å². The summed E-state index contributed by atoms with van der Waals surface area (Å²) in [5, 5.41) is -0.185. The molecule has 0 aliphatic rings. The first-order valence-corrected chi connectivity index (χ1v) is 5.86. The van der Waals surface area contributed by atoms with Gasteiger partial charge in [0.15, 0.2) is 0 Å². The third-order valence-electron chi connectivity index (χ3n) is 2.00. The van der Waals surface area contributed by atoms with Crippen LogP contribution in [0.2, 0.25) is 0 Å². The Morgan fingerprint density at radius 2 is 1.80 bits per heavy atom. The van der Waals surface area contributed by atoms with Crippen molar-refractivity contribution in [1.82, 2.24) is 15.0 Å². The van der Waals surface area contributed by atoms with Crippen molar-refractivity contribution in [2.24, 2.45) is 0 Å². The first kappa shape index (κ1) is 15.7. The number of hydrogen-bond acceptors (Lipinski definition) is 6. The van der Waals surface area contributed by atoms with Crippen molar-refractivity contribution in [3.63, 3.8) is 0 Å². The molecule has 0 atom stereocenters. The minimum Gasteiger partial charge on any atom is -0.468 e. The van der Waals surface area contributed by atoms with E-state index < -0.39 is 5.69 Å². The summed E-state index contributed by atoms with van der Waals surface area (Å²) in [5.41, 5.74) is 0.0922. The lowest BCUT2D eigenvalue weighted by Crippen LogP contribution is -2.13. The van der Waals surface area contributed by atoms with Gasteiger partial charge in [-0.1, -0.05) is 30.3 Å². The van der Waals surface area contributed by atoms with Gasteiger partial charge in [-0.3, -0.25) is 9.78 Å². The standard InChI is InChI=1S/C7H6OS.C5H7N3O3/c8-7(9)6-4-2-1-3-5-6;1-10-4-6-3(9)7-5(8-4)11-2/h1-5H,(H,8,9);1-2H3,(H,6,7,8,9). The highest BCUT2D eigenvalue weighted by molar-refractivity contribution is 7.97. The number of nitrogens with one attached hydrogen (secondary N) is 1. The molecule has 1 aromatic heterocycles. The number of nitrogens with zero attached hydrogens (tertiary/aromatic N) is 2. The van der Waals surface area contributed by atoms with Crippen LogP contribution in [0.5, 0.6) is 12.0 Å². The largest absolute Gasteiger partial charge is 0.468 e. The third kappa shape index (κ3) is 5.11. The summed E-state index contributed by atoms with van der Waals surface area (Å²) in [5.74, 6) is 0. The minimum absolute atomic E-state index is 0.00870. The number of aromatic amines is 1. The Hall–Kier alpha value is -2.35. The maximum atomic E-state index is 10.7. The SMILES string of the molecule is COc1nc(OC)[nH]c(=O)n1.O=C(S)c1ccccc1. The highest BCUT2D eigenvalue weighted by Crippen LogP contribution is 2.01. The Kier molecular flexibility index (Phi) is 6.24. The topological polar surface area (TPSA) is 94.2 Å². The van der Waals surface area contributed by atoms with Gasteiger partial charge in [0, 0.05) is 5.56 Å². The second kappa shape index (κ2) is 7.95. The van der Waals surface area contributed by atoms with E-state index in [1.165, 1.54) is 14.2 Å². The van der Waals surface area contributed by atoms with E-state index in [9.17, 15) is 9.59 Å². The highest BCUT2D eigenvalue weighted by Gasteiger charge is 2.00. The summed E-state index contributed by atoms with van der Waals surface area (Å²) in [4.78, 5) is 30.5. The molecular weight excluding hydrogens is 282 g/mol. The van der Waals surface area contributed by atoms with Crippen LogP contribution < -0.4 is 15.2 Å². The van der Waals surface area contributed by atoms with E-state index in [1.54, 1.807) is 12.1 Å². The zero-order valence-electron chi connectivity index (χ0n) is 10.9. The molecule has 2 rings (SSSR count).